The van der Waals surface area contributed by atoms with Crippen LogP contribution in [-0.2, 0) is 0 Å². The van der Waals surface area contributed by atoms with E-state index in [1.54, 1.807) is 11.3 Å². The molecule has 0 amide bonds. The lowest BCUT2D eigenvalue weighted by Gasteiger charge is -2.09. The van der Waals surface area contributed by atoms with Crippen molar-refractivity contribution in [2.24, 2.45) is 5.11 Å². The second-order valence-electron chi connectivity index (χ2n) is 3.66. The summed E-state index contributed by atoms with van der Waals surface area (Å²) in [6, 6.07) is 9.87. The van der Waals surface area contributed by atoms with E-state index in [-0.39, 0.29) is 6.04 Å². The molecule has 0 saturated carbocycles. The number of fused-ring (bicyclic) bond motifs is 1. The number of hydrogen-bond donors (Lipinski definition) is 1. The van der Waals surface area contributed by atoms with Crippen molar-refractivity contribution in [3.8, 4) is 6.07 Å². The number of hydrogen-bond acceptors (Lipinski definition) is 4. The van der Waals surface area contributed by atoms with E-state index in [2.05, 4.69) is 21.4 Å². The number of azide groups is 1. The van der Waals surface area contributed by atoms with Gasteiger partial charge in [-0.3, -0.25) is 5.32 Å². The van der Waals surface area contributed by atoms with E-state index in [4.69, 9.17) is 5.53 Å². The van der Waals surface area contributed by atoms with Crippen LogP contribution in [-0.4, -0.2) is 13.1 Å². The predicted octanol–water partition coefficient (Wildman–Crippen LogP) is 3.37. The molecule has 1 unspecified atom stereocenters. The van der Waals surface area contributed by atoms with Crippen LogP contribution in [0, 0.1) is 11.3 Å². The molecule has 6 heteroatoms. The third kappa shape index (κ3) is 2.60. The van der Waals surface area contributed by atoms with Gasteiger partial charge in [0.1, 0.15) is 6.04 Å². The van der Waals surface area contributed by atoms with Crippen LogP contribution in [0.4, 0.5) is 0 Å². The van der Waals surface area contributed by atoms with Crippen LogP contribution in [0.2, 0.25) is 0 Å². The van der Waals surface area contributed by atoms with Crippen molar-refractivity contribution < 1.29 is 0 Å². The summed E-state index contributed by atoms with van der Waals surface area (Å²) in [6.45, 7) is 0.837. The maximum absolute atomic E-state index is 9.20. The average molecular weight is 257 g/mol. The molecule has 1 heterocycles. The Labute approximate surface area is 108 Å². The zero-order valence-corrected chi connectivity index (χ0v) is 10.4. The Balaban J connectivity index is 2.17. The number of rotatable bonds is 5. The predicted molar refractivity (Wildman–Crippen MR) is 72.2 cm³/mol. The molecule has 1 atom stereocenters. The van der Waals surface area contributed by atoms with Crippen LogP contribution in [0.5, 0.6) is 0 Å². The minimum absolute atomic E-state index is 0.344. The molecule has 0 spiro atoms. The van der Waals surface area contributed by atoms with Gasteiger partial charge in [-0.05, 0) is 22.4 Å². The summed E-state index contributed by atoms with van der Waals surface area (Å²) in [6.07, 6.45) is 0. The van der Waals surface area contributed by atoms with Crippen molar-refractivity contribution in [2.75, 3.05) is 13.1 Å². The topological polar surface area (TPSA) is 84.6 Å². The van der Waals surface area contributed by atoms with Gasteiger partial charge in [0.15, 0.2) is 0 Å². The van der Waals surface area contributed by atoms with Crippen molar-refractivity contribution in [3.05, 3.63) is 45.7 Å². The van der Waals surface area contributed by atoms with Gasteiger partial charge in [0, 0.05) is 28.3 Å². The summed E-state index contributed by atoms with van der Waals surface area (Å²) >= 11 is 1.63. The minimum Gasteiger partial charge on any atom is -0.298 e. The molecular weight excluding hydrogens is 246 g/mol. The Hall–Kier alpha value is -2.06. The summed E-state index contributed by atoms with van der Waals surface area (Å²) in [5.74, 6) is 0. The lowest BCUT2D eigenvalue weighted by molar-refractivity contribution is 0.639. The molecule has 0 saturated heterocycles. The Morgan fingerprint density at radius 1 is 1.50 bits per heavy atom. The van der Waals surface area contributed by atoms with Crippen LogP contribution >= 0.6 is 11.3 Å². The van der Waals surface area contributed by atoms with Gasteiger partial charge >= 0.3 is 0 Å². The van der Waals surface area contributed by atoms with Crippen LogP contribution in [0.25, 0.3) is 20.5 Å². The second kappa shape index (κ2) is 6.03. The van der Waals surface area contributed by atoms with E-state index in [1.165, 1.54) is 4.70 Å². The highest BCUT2D eigenvalue weighted by molar-refractivity contribution is 7.17. The normalized spacial score (nSPS) is 11.7. The van der Waals surface area contributed by atoms with E-state index in [1.807, 2.05) is 29.6 Å². The van der Waals surface area contributed by atoms with Crippen molar-refractivity contribution in [2.45, 2.75) is 6.04 Å². The quantitative estimate of drug-likeness (QED) is 0.385. The first-order valence-corrected chi connectivity index (χ1v) is 6.34. The molecular formula is C12H11N5S. The Morgan fingerprint density at radius 2 is 2.33 bits per heavy atom. The number of nitrogens with zero attached hydrogens (tertiary/aromatic N) is 4. The Morgan fingerprint density at radius 3 is 3.11 bits per heavy atom. The lowest BCUT2D eigenvalue weighted by Crippen LogP contribution is -2.22. The Bertz CT molecular complexity index is 621. The highest BCUT2D eigenvalue weighted by atomic mass is 32.1. The van der Waals surface area contributed by atoms with Gasteiger partial charge in [0.25, 0.3) is 0 Å². The zero-order chi connectivity index (χ0) is 12.8. The molecule has 5 nitrogen and oxygen atoms in total. The monoisotopic (exact) mass is 257 g/mol. The fourth-order valence-corrected chi connectivity index (χ4v) is 2.74. The van der Waals surface area contributed by atoms with Gasteiger partial charge in [-0.2, -0.15) is 5.26 Å². The average Bonchev–Trinajstić information content (AvgIpc) is 2.83. The van der Waals surface area contributed by atoms with Gasteiger partial charge in [0.2, 0.25) is 0 Å². The van der Waals surface area contributed by atoms with Crippen molar-refractivity contribution >= 4 is 21.4 Å². The molecule has 2 rings (SSSR count). The number of benzene rings is 1. The SMILES string of the molecule is N#CC(NCCN=[N+]=[N-])c1csc2ccccc12. The standard InChI is InChI=1S/C12H11N5S/c13-7-11(15-5-6-16-17-14)10-8-18-12-4-2-1-3-9(10)12/h1-4,8,11,15H,5-6H2. The van der Waals surface area contributed by atoms with E-state index in [9.17, 15) is 5.26 Å². The lowest BCUT2D eigenvalue weighted by atomic mass is 10.1. The molecule has 0 bridgehead atoms. The molecule has 0 fully saturated rings. The van der Waals surface area contributed by atoms with Gasteiger partial charge < -0.3 is 0 Å². The van der Waals surface area contributed by atoms with E-state index in [0.717, 1.165) is 10.9 Å². The first kappa shape index (κ1) is 12.4. The minimum atomic E-state index is -0.366. The molecule has 1 N–H and O–H groups in total. The first-order valence-electron chi connectivity index (χ1n) is 5.47. The van der Waals surface area contributed by atoms with E-state index in [0.29, 0.717) is 13.1 Å². The van der Waals surface area contributed by atoms with Crippen molar-refractivity contribution in [3.63, 3.8) is 0 Å². The number of nitriles is 1. The molecule has 0 aliphatic carbocycles. The maximum Gasteiger partial charge on any atom is 0.122 e. The summed E-state index contributed by atoms with van der Waals surface area (Å²) < 4.78 is 1.17. The fraction of sp³-hybridized carbons (Fsp3) is 0.250. The largest absolute Gasteiger partial charge is 0.298 e. The van der Waals surface area contributed by atoms with Crippen molar-refractivity contribution in [1.82, 2.24) is 5.32 Å². The third-order valence-corrected chi connectivity index (χ3v) is 3.56. The van der Waals surface area contributed by atoms with Crippen LogP contribution in [0.15, 0.2) is 34.8 Å². The van der Waals surface area contributed by atoms with Crippen LogP contribution in [0.3, 0.4) is 0 Å². The maximum atomic E-state index is 9.20. The summed E-state index contributed by atoms with van der Waals surface area (Å²) in [5.41, 5.74) is 9.17. The molecule has 90 valence electrons. The van der Waals surface area contributed by atoms with E-state index >= 15 is 0 Å². The number of nitrogens with one attached hydrogen (secondary N) is 1. The molecule has 0 aliphatic heterocycles. The molecule has 0 aliphatic rings. The van der Waals surface area contributed by atoms with Crippen LogP contribution < -0.4 is 5.32 Å². The molecule has 1 aromatic heterocycles. The second-order valence-corrected chi connectivity index (χ2v) is 4.57. The summed E-state index contributed by atoms with van der Waals surface area (Å²) in [7, 11) is 0. The molecule has 2 aromatic rings. The Kier molecular flexibility index (Phi) is 4.15. The number of thiophene rings is 1. The summed E-state index contributed by atoms with van der Waals surface area (Å²) in [5, 5.41) is 18.8. The van der Waals surface area contributed by atoms with Gasteiger partial charge in [-0.1, -0.05) is 23.3 Å². The van der Waals surface area contributed by atoms with Gasteiger partial charge in [-0.25, -0.2) is 0 Å². The smallest absolute Gasteiger partial charge is 0.122 e. The zero-order valence-electron chi connectivity index (χ0n) is 9.58. The van der Waals surface area contributed by atoms with Crippen molar-refractivity contribution in [1.29, 1.82) is 5.26 Å². The van der Waals surface area contributed by atoms with Crippen LogP contribution in [0.1, 0.15) is 11.6 Å². The highest BCUT2D eigenvalue weighted by Crippen LogP contribution is 2.29. The van der Waals surface area contributed by atoms with Gasteiger partial charge in [0.05, 0.1) is 6.07 Å². The molecule has 18 heavy (non-hydrogen) atoms. The van der Waals surface area contributed by atoms with Gasteiger partial charge in [-0.15, -0.1) is 11.3 Å². The molecule has 0 radical (unpaired) electrons. The third-order valence-electron chi connectivity index (χ3n) is 2.57. The van der Waals surface area contributed by atoms with E-state index < -0.39 is 0 Å². The first-order chi connectivity index (χ1) is 8.86. The highest BCUT2D eigenvalue weighted by Gasteiger charge is 2.13. The molecule has 1 aromatic carbocycles. The summed E-state index contributed by atoms with van der Waals surface area (Å²) in [4.78, 5) is 2.68. The fourth-order valence-electron chi connectivity index (χ4n) is 1.75.